The summed E-state index contributed by atoms with van der Waals surface area (Å²) in [6.45, 7) is 3.66. The van der Waals surface area contributed by atoms with Crippen molar-refractivity contribution in [3.05, 3.63) is 70.2 Å². The zero-order chi connectivity index (χ0) is 14.4. The highest BCUT2D eigenvalue weighted by Gasteiger charge is 2.04. The van der Waals surface area contributed by atoms with E-state index in [1.807, 2.05) is 12.1 Å². The minimum atomic E-state index is 0.297. The summed E-state index contributed by atoms with van der Waals surface area (Å²) in [6, 6.07) is 16.7. The van der Waals surface area contributed by atoms with Crippen LogP contribution >= 0.6 is 11.6 Å². The Labute approximate surface area is 125 Å². The molecule has 2 nitrogen and oxygen atoms in total. The van der Waals surface area contributed by atoms with Crippen molar-refractivity contribution in [2.45, 2.75) is 26.1 Å². The van der Waals surface area contributed by atoms with E-state index < -0.39 is 0 Å². The first-order chi connectivity index (χ1) is 9.69. The number of methoxy groups -OCH3 is 1. The monoisotopic (exact) mass is 289 g/mol. The zero-order valence-electron chi connectivity index (χ0n) is 11.9. The maximum atomic E-state index is 5.90. The molecule has 0 aliphatic carbocycles. The van der Waals surface area contributed by atoms with Crippen LogP contribution in [0.1, 0.15) is 29.7 Å². The van der Waals surface area contributed by atoms with Gasteiger partial charge in [-0.2, -0.15) is 0 Å². The van der Waals surface area contributed by atoms with Crippen molar-refractivity contribution in [1.82, 2.24) is 5.32 Å². The average molecular weight is 290 g/mol. The maximum Gasteiger partial charge on any atom is 0.0713 e. The first-order valence-electron chi connectivity index (χ1n) is 6.74. The average Bonchev–Trinajstić information content (AvgIpc) is 2.47. The molecular weight excluding hydrogens is 270 g/mol. The summed E-state index contributed by atoms with van der Waals surface area (Å²) in [4.78, 5) is 0. The molecule has 2 rings (SSSR count). The van der Waals surface area contributed by atoms with Crippen LogP contribution in [0.25, 0.3) is 0 Å². The van der Waals surface area contributed by atoms with Crippen molar-refractivity contribution >= 4 is 11.6 Å². The van der Waals surface area contributed by atoms with E-state index in [0.29, 0.717) is 12.6 Å². The zero-order valence-corrected chi connectivity index (χ0v) is 12.7. The van der Waals surface area contributed by atoms with Crippen LogP contribution < -0.4 is 5.32 Å². The summed E-state index contributed by atoms with van der Waals surface area (Å²) in [5.74, 6) is 0. The molecule has 0 unspecified atom stereocenters. The van der Waals surface area contributed by atoms with E-state index in [2.05, 4.69) is 48.6 Å². The van der Waals surface area contributed by atoms with Gasteiger partial charge < -0.3 is 10.1 Å². The third-order valence-corrected chi connectivity index (χ3v) is 3.57. The SMILES string of the molecule is COCc1ccc(CN[C@H](C)c2ccc(Cl)cc2)cc1. The molecule has 2 aromatic carbocycles. The van der Waals surface area contributed by atoms with Crippen LogP contribution in [0.15, 0.2) is 48.5 Å². The van der Waals surface area contributed by atoms with Crippen LogP contribution in [0, 0.1) is 0 Å². The standard InChI is InChI=1S/C17H20ClNO/c1-13(16-7-9-17(18)10-8-16)19-11-14-3-5-15(6-4-14)12-20-2/h3-10,13,19H,11-12H2,1-2H3/t13-/m1/s1. The molecule has 0 saturated heterocycles. The number of benzene rings is 2. The second-order valence-electron chi connectivity index (χ2n) is 4.90. The molecule has 1 atom stereocenters. The quantitative estimate of drug-likeness (QED) is 0.854. The summed E-state index contributed by atoms with van der Waals surface area (Å²) >= 11 is 5.90. The molecule has 0 aliphatic rings. The van der Waals surface area contributed by atoms with Gasteiger partial charge in [-0.3, -0.25) is 0 Å². The first kappa shape index (κ1) is 15.0. The number of hydrogen-bond donors (Lipinski definition) is 1. The van der Waals surface area contributed by atoms with Gasteiger partial charge in [0.25, 0.3) is 0 Å². The number of rotatable bonds is 6. The number of halogens is 1. The molecule has 0 fully saturated rings. The molecule has 0 saturated carbocycles. The van der Waals surface area contributed by atoms with Gasteiger partial charge in [-0.15, -0.1) is 0 Å². The Bertz CT molecular complexity index is 522. The molecule has 0 amide bonds. The minimum absolute atomic E-state index is 0.297. The molecule has 1 N–H and O–H groups in total. The Morgan fingerprint density at radius 2 is 1.60 bits per heavy atom. The Balaban J connectivity index is 1.89. The van der Waals surface area contributed by atoms with Crippen LogP contribution in [0.2, 0.25) is 5.02 Å². The molecule has 0 bridgehead atoms. The third-order valence-electron chi connectivity index (χ3n) is 3.32. The molecule has 0 aromatic heterocycles. The van der Waals surface area contributed by atoms with Gasteiger partial charge >= 0.3 is 0 Å². The lowest BCUT2D eigenvalue weighted by molar-refractivity contribution is 0.185. The van der Waals surface area contributed by atoms with Crippen molar-refractivity contribution in [2.75, 3.05) is 7.11 Å². The van der Waals surface area contributed by atoms with Crippen LogP contribution in [0.5, 0.6) is 0 Å². The van der Waals surface area contributed by atoms with Gasteiger partial charge in [0.15, 0.2) is 0 Å². The van der Waals surface area contributed by atoms with Crippen molar-refractivity contribution < 1.29 is 4.74 Å². The number of nitrogens with one attached hydrogen (secondary N) is 1. The number of ether oxygens (including phenoxy) is 1. The summed E-state index contributed by atoms with van der Waals surface area (Å²) in [5, 5.41) is 4.28. The maximum absolute atomic E-state index is 5.90. The topological polar surface area (TPSA) is 21.3 Å². The van der Waals surface area contributed by atoms with Crippen LogP contribution in [-0.2, 0) is 17.9 Å². The Morgan fingerprint density at radius 3 is 2.20 bits per heavy atom. The molecule has 0 aliphatic heterocycles. The molecule has 0 heterocycles. The number of hydrogen-bond acceptors (Lipinski definition) is 2. The fourth-order valence-corrected chi connectivity index (χ4v) is 2.19. The molecule has 3 heteroatoms. The largest absolute Gasteiger partial charge is 0.380 e. The van der Waals surface area contributed by atoms with E-state index in [1.54, 1.807) is 7.11 Å². The van der Waals surface area contributed by atoms with Gasteiger partial charge in [0.1, 0.15) is 0 Å². The fourth-order valence-electron chi connectivity index (χ4n) is 2.06. The molecule has 20 heavy (non-hydrogen) atoms. The lowest BCUT2D eigenvalue weighted by atomic mass is 10.1. The second-order valence-corrected chi connectivity index (χ2v) is 5.34. The predicted octanol–water partition coefficient (Wildman–Crippen LogP) is 4.34. The Morgan fingerprint density at radius 1 is 1.00 bits per heavy atom. The third kappa shape index (κ3) is 4.34. The van der Waals surface area contributed by atoms with Gasteiger partial charge in [0.2, 0.25) is 0 Å². The van der Waals surface area contributed by atoms with E-state index in [9.17, 15) is 0 Å². The molecule has 0 radical (unpaired) electrons. The summed E-state index contributed by atoms with van der Waals surface area (Å²) in [6.07, 6.45) is 0. The van der Waals surface area contributed by atoms with E-state index >= 15 is 0 Å². The predicted molar refractivity (Wildman–Crippen MR) is 83.9 cm³/mol. The van der Waals surface area contributed by atoms with Crippen molar-refractivity contribution in [3.63, 3.8) is 0 Å². The molecule has 106 valence electrons. The van der Waals surface area contributed by atoms with E-state index in [1.165, 1.54) is 16.7 Å². The second kappa shape index (κ2) is 7.44. The van der Waals surface area contributed by atoms with E-state index in [4.69, 9.17) is 16.3 Å². The first-order valence-corrected chi connectivity index (χ1v) is 7.12. The molecule has 2 aromatic rings. The van der Waals surface area contributed by atoms with Crippen LogP contribution in [-0.4, -0.2) is 7.11 Å². The summed E-state index contributed by atoms with van der Waals surface area (Å²) in [7, 11) is 1.71. The summed E-state index contributed by atoms with van der Waals surface area (Å²) < 4.78 is 5.11. The normalized spacial score (nSPS) is 12.3. The van der Waals surface area contributed by atoms with Crippen molar-refractivity contribution in [3.8, 4) is 0 Å². The van der Waals surface area contributed by atoms with Crippen molar-refractivity contribution in [1.29, 1.82) is 0 Å². The van der Waals surface area contributed by atoms with Crippen molar-refractivity contribution in [2.24, 2.45) is 0 Å². The van der Waals surface area contributed by atoms with Crippen LogP contribution in [0.3, 0.4) is 0 Å². The van der Waals surface area contributed by atoms with Gasteiger partial charge in [0, 0.05) is 24.7 Å². The highest BCUT2D eigenvalue weighted by Crippen LogP contribution is 2.16. The van der Waals surface area contributed by atoms with Gasteiger partial charge in [-0.05, 0) is 35.7 Å². The smallest absolute Gasteiger partial charge is 0.0713 e. The van der Waals surface area contributed by atoms with Gasteiger partial charge in [-0.25, -0.2) is 0 Å². The Hall–Kier alpha value is -1.35. The summed E-state index contributed by atoms with van der Waals surface area (Å²) in [5.41, 5.74) is 3.71. The molecular formula is C17H20ClNO. The molecule has 0 spiro atoms. The Kier molecular flexibility index (Phi) is 5.60. The van der Waals surface area contributed by atoms with Gasteiger partial charge in [0.05, 0.1) is 6.61 Å². The van der Waals surface area contributed by atoms with E-state index in [-0.39, 0.29) is 0 Å². The lowest BCUT2D eigenvalue weighted by Crippen LogP contribution is -2.17. The fraction of sp³-hybridized carbons (Fsp3) is 0.294. The minimum Gasteiger partial charge on any atom is -0.380 e. The highest BCUT2D eigenvalue weighted by atomic mass is 35.5. The lowest BCUT2D eigenvalue weighted by Gasteiger charge is -2.14. The highest BCUT2D eigenvalue weighted by molar-refractivity contribution is 6.30. The van der Waals surface area contributed by atoms with E-state index in [0.717, 1.165) is 11.6 Å². The van der Waals surface area contributed by atoms with Gasteiger partial charge in [-0.1, -0.05) is 48.0 Å². The van der Waals surface area contributed by atoms with Crippen LogP contribution in [0.4, 0.5) is 0 Å².